The molecule has 0 bridgehead atoms. The normalized spacial score (nSPS) is 21.5. The van der Waals surface area contributed by atoms with Crippen LogP contribution in [0.25, 0.3) is 0 Å². The SMILES string of the molecule is CO[C@@]1(NC(=O)Cc2o[nH]c(=O)c2C(=O)O)C(=O)N2C(C(=O)O)=C(CSc3nnc(C)s3)CS[C@H]21. The van der Waals surface area contributed by atoms with Crippen LogP contribution in [0.2, 0.25) is 0 Å². The number of carboxylic acids is 2. The van der Waals surface area contributed by atoms with Crippen molar-refractivity contribution in [2.45, 2.75) is 28.8 Å². The van der Waals surface area contributed by atoms with Crippen LogP contribution in [0.5, 0.6) is 0 Å². The second kappa shape index (κ2) is 9.48. The Balaban J connectivity index is 1.53. The maximum Gasteiger partial charge on any atom is 0.352 e. The summed E-state index contributed by atoms with van der Waals surface area (Å²) in [5.41, 5.74) is -3.32. The molecule has 2 aliphatic heterocycles. The van der Waals surface area contributed by atoms with Crippen LogP contribution < -0.4 is 10.9 Å². The second-order valence-corrected chi connectivity index (χ2v) is 10.7. The van der Waals surface area contributed by atoms with Gasteiger partial charge in [0, 0.05) is 18.6 Å². The fourth-order valence-electron chi connectivity index (χ4n) is 3.61. The van der Waals surface area contributed by atoms with Crippen molar-refractivity contribution in [3.8, 4) is 0 Å². The summed E-state index contributed by atoms with van der Waals surface area (Å²) in [6.07, 6.45) is -0.666. The molecule has 14 nitrogen and oxygen atoms in total. The van der Waals surface area contributed by atoms with Crippen LogP contribution in [-0.2, 0) is 25.5 Å². The van der Waals surface area contributed by atoms with Gasteiger partial charge in [0.05, 0.1) is 6.42 Å². The number of β-lactam (4-membered cyclic amide) rings is 1. The molecule has 2 aromatic heterocycles. The van der Waals surface area contributed by atoms with Crippen LogP contribution in [0.4, 0.5) is 0 Å². The molecule has 0 spiro atoms. The Bertz CT molecular complexity index is 1310. The summed E-state index contributed by atoms with van der Waals surface area (Å²) >= 11 is 3.87. The number of aromatic nitrogens is 3. The molecule has 2 aliphatic rings. The highest BCUT2D eigenvalue weighted by Crippen LogP contribution is 2.47. The fourth-order valence-corrected chi connectivity index (χ4v) is 7.01. The molecule has 2 amide bonds. The highest BCUT2D eigenvalue weighted by molar-refractivity contribution is 8.01. The largest absolute Gasteiger partial charge is 0.477 e. The number of H-pyrrole nitrogens is 1. The molecule has 0 aromatic carbocycles. The molecule has 2 atom stereocenters. The Morgan fingerprint density at radius 2 is 2.06 bits per heavy atom. The fraction of sp³-hybridized carbons (Fsp3) is 0.389. The third-order valence-electron chi connectivity index (χ3n) is 5.14. The number of aliphatic carboxylic acids is 1. The van der Waals surface area contributed by atoms with Gasteiger partial charge in [-0.25, -0.2) is 9.59 Å². The first kappa shape index (κ1) is 25.0. The summed E-state index contributed by atoms with van der Waals surface area (Å²) in [4.78, 5) is 61.7. The van der Waals surface area contributed by atoms with Crippen molar-refractivity contribution in [1.82, 2.24) is 25.6 Å². The van der Waals surface area contributed by atoms with Gasteiger partial charge >= 0.3 is 11.9 Å². The Hall–Kier alpha value is -3.15. The van der Waals surface area contributed by atoms with Crippen molar-refractivity contribution < 1.29 is 38.7 Å². The number of carbonyl (C=O) groups excluding carboxylic acids is 2. The van der Waals surface area contributed by atoms with Gasteiger partial charge in [-0.3, -0.25) is 19.3 Å². The molecular weight excluding hydrogens is 526 g/mol. The first-order valence-corrected chi connectivity index (χ1v) is 12.6. The number of aryl methyl sites for hydroxylation is 1. The van der Waals surface area contributed by atoms with Crippen LogP contribution in [0.3, 0.4) is 0 Å². The van der Waals surface area contributed by atoms with E-state index in [-0.39, 0.29) is 17.2 Å². The Morgan fingerprint density at radius 1 is 1.31 bits per heavy atom. The van der Waals surface area contributed by atoms with Crippen molar-refractivity contribution in [1.29, 1.82) is 0 Å². The molecule has 17 heteroatoms. The topological polar surface area (TPSA) is 205 Å². The molecule has 186 valence electrons. The van der Waals surface area contributed by atoms with Gasteiger partial charge in [-0.15, -0.1) is 22.0 Å². The number of amides is 2. The van der Waals surface area contributed by atoms with Gasteiger partial charge in [0.2, 0.25) is 5.91 Å². The van der Waals surface area contributed by atoms with E-state index >= 15 is 0 Å². The number of hydrogen-bond donors (Lipinski definition) is 4. The molecule has 0 aliphatic carbocycles. The number of rotatable bonds is 9. The minimum atomic E-state index is -1.88. The minimum Gasteiger partial charge on any atom is -0.477 e. The van der Waals surface area contributed by atoms with Crippen LogP contribution in [-0.4, -0.2) is 83.9 Å². The molecule has 0 unspecified atom stereocenters. The first-order valence-electron chi connectivity index (χ1n) is 9.72. The second-order valence-electron chi connectivity index (χ2n) is 7.27. The van der Waals surface area contributed by atoms with E-state index in [1.165, 1.54) is 42.0 Å². The van der Waals surface area contributed by atoms with Crippen molar-refractivity contribution in [3.63, 3.8) is 0 Å². The Morgan fingerprint density at radius 3 is 2.66 bits per heavy atom. The third kappa shape index (κ3) is 4.35. The molecule has 0 radical (unpaired) electrons. The monoisotopic (exact) mass is 543 g/mol. The summed E-state index contributed by atoms with van der Waals surface area (Å²) in [5, 5.41) is 31.0. The molecule has 2 aromatic rings. The molecule has 35 heavy (non-hydrogen) atoms. The first-order chi connectivity index (χ1) is 16.6. The number of nitrogens with zero attached hydrogens (tertiary/aromatic N) is 3. The number of nitrogens with one attached hydrogen (secondary N) is 2. The predicted octanol–water partition coefficient (Wildman–Crippen LogP) is -0.126. The summed E-state index contributed by atoms with van der Waals surface area (Å²) in [6.45, 7) is 1.80. The maximum atomic E-state index is 13.1. The van der Waals surface area contributed by atoms with Crippen molar-refractivity contribution in [2.75, 3.05) is 18.6 Å². The average molecular weight is 544 g/mol. The molecule has 0 saturated carbocycles. The van der Waals surface area contributed by atoms with Crippen molar-refractivity contribution in [2.24, 2.45) is 0 Å². The average Bonchev–Trinajstić information content (AvgIpc) is 3.39. The summed E-state index contributed by atoms with van der Waals surface area (Å²) in [7, 11) is 1.18. The molecule has 4 N–H and O–H groups in total. The lowest BCUT2D eigenvalue weighted by Crippen LogP contribution is -2.80. The van der Waals surface area contributed by atoms with Crippen LogP contribution in [0.15, 0.2) is 24.9 Å². The maximum absolute atomic E-state index is 13.1. The minimum absolute atomic E-state index is 0.195. The molecule has 4 heterocycles. The van der Waals surface area contributed by atoms with Crippen LogP contribution in [0.1, 0.15) is 21.1 Å². The number of fused-ring (bicyclic) bond motifs is 1. The number of thioether (sulfide) groups is 2. The quantitative estimate of drug-likeness (QED) is 0.185. The van der Waals surface area contributed by atoms with Crippen LogP contribution in [0, 0.1) is 6.92 Å². The van der Waals surface area contributed by atoms with E-state index in [9.17, 15) is 29.1 Å². The highest BCUT2D eigenvalue weighted by Gasteiger charge is 2.66. The van der Waals surface area contributed by atoms with E-state index in [1.807, 2.05) is 5.16 Å². The van der Waals surface area contributed by atoms with Gasteiger partial charge in [-0.1, -0.05) is 23.1 Å². The summed E-state index contributed by atoms with van der Waals surface area (Å²) in [6, 6.07) is 0. The predicted molar refractivity (Wildman–Crippen MR) is 121 cm³/mol. The highest BCUT2D eigenvalue weighted by atomic mass is 32.2. The Labute approximate surface area is 208 Å². The third-order valence-corrected chi connectivity index (χ3v) is 8.58. The van der Waals surface area contributed by atoms with Crippen LogP contribution >= 0.6 is 34.9 Å². The molecule has 1 saturated heterocycles. The number of carboxylic acid groups (broad SMARTS) is 2. The van der Waals surface area contributed by atoms with Crippen molar-refractivity contribution >= 4 is 58.6 Å². The smallest absolute Gasteiger partial charge is 0.352 e. The number of hydrogen-bond acceptors (Lipinski definition) is 12. The van der Waals surface area contributed by atoms with E-state index in [2.05, 4.69) is 15.5 Å². The zero-order valence-electron chi connectivity index (χ0n) is 18.0. The lowest BCUT2D eigenvalue weighted by molar-refractivity contribution is -0.192. The van der Waals surface area contributed by atoms with E-state index in [4.69, 9.17) is 14.4 Å². The van der Waals surface area contributed by atoms with E-state index in [0.29, 0.717) is 9.91 Å². The lowest BCUT2D eigenvalue weighted by atomic mass is 9.98. The van der Waals surface area contributed by atoms with E-state index in [0.717, 1.165) is 9.91 Å². The van der Waals surface area contributed by atoms with E-state index < -0.39 is 58.2 Å². The number of aromatic carboxylic acids is 1. The zero-order valence-corrected chi connectivity index (χ0v) is 20.5. The van der Waals surface area contributed by atoms with Gasteiger partial charge in [0.1, 0.15) is 16.1 Å². The number of methoxy groups -OCH3 is 1. The Kier molecular flexibility index (Phi) is 6.76. The molecule has 1 fully saturated rings. The van der Waals surface area contributed by atoms with E-state index in [1.54, 1.807) is 6.92 Å². The number of aromatic amines is 1. The number of ether oxygens (including phenoxy) is 1. The van der Waals surface area contributed by atoms with Gasteiger partial charge < -0.3 is 24.8 Å². The van der Waals surface area contributed by atoms with Gasteiger partial charge in [0.25, 0.3) is 17.2 Å². The number of carbonyl (C=O) groups is 4. The summed E-state index contributed by atoms with van der Waals surface area (Å²) in [5.74, 6) is -4.45. The van der Waals surface area contributed by atoms with Crippen molar-refractivity contribution in [3.05, 3.63) is 38.0 Å². The standard InChI is InChI=1S/C18H17N5O9S3/c1-6-20-21-17(35-6)34-5-7-4-33-16-18(31-2,15(30)23(16)11(7)14(28)29)19-9(24)3-8-10(13(26)27)12(25)22-32-8/h16H,3-5H2,1-2H3,(H,19,24)(H,22,25)(H,26,27)(H,28,29)/t16-,18-/m0/s1. The molecular formula is C18H17N5O9S3. The summed E-state index contributed by atoms with van der Waals surface area (Å²) < 4.78 is 10.8. The van der Waals surface area contributed by atoms with Gasteiger partial charge in [0.15, 0.2) is 15.7 Å². The van der Waals surface area contributed by atoms with Gasteiger partial charge in [-0.2, -0.15) is 5.16 Å². The zero-order chi connectivity index (χ0) is 25.5. The van der Waals surface area contributed by atoms with Gasteiger partial charge in [-0.05, 0) is 12.5 Å². The lowest BCUT2D eigenvalue weighted by Gasteiger charge is -2.55. The molecule has 4 rings (SSSR count).